The van der Waals surface area contributed by atoms with Crippen LogP contribution in [0.5, 0.6) is 0 Å². The van der Waals surface area contributed by atoms with Crippen molar-refractivity contribution in [3.63, 3.8) is 0 Å². The summed E-state index contributed by atoms with van der Waals surface area (Å²) in [6.07, 6.45) is 0. The maximum Gasteiger partial charge on any atom is 0.174 e. The Labute approximate surface area is 96.6 Å². The third kappa shape index (κ3) is 2.18. The smallest absolute Gasteiger partial charge is 0.174 e. The van der Waals surface area contributed by atoms with Gasteiger partial charge in [-0.1, -0.05) is 51.9 Å². The molecule has 0 fully saturated rings. The van der Waals surface area contributed by atoms with Crippen molar-refractivity contribution in [2.24, 2.45) is 0 Å². The van der Waals surface area contributed by atoms with Gasteiger partial charge in [0.15, 0.2) is 11.4 Å². The highest BCUT2D eigenvalue weighted by atomic mass is 16.5. The fourth-order valence-electron chi connectivity index (χ4n) is 1.57. The lowest BCUT2D eigenvalue weighted by Gasteiger charge is -2.18. The summed E-state index contributed by atoms with van der Waals surface area (Å²) in [5, 5.41) is 4.67. The van der Waals surface area contributed by atoms with Crippen LogP contribution in [0.3, 0.4) is 0 Å². The third-order valence-corrected chi connectivity index (χ3v) is 2.33. The van der Waals surface area contributed by atoms with E-state index < -0.39 is 0 Å². The zero-order chi connectivity index (χ0) is 12.3. The van der Waals surface area contributed by atoms with E-state index in [-0.39, 0.29) is 5.41 Å². The molecule has 0 saturated carbocycles. The van der Waals surface area contributed by atoms with Gasteiger partial charge in [0.2, 0.25) is 0 Å². The van der Waals surface area contributed by atoms with Gasteiger partial charge in [-0.25, -0.2) is 0 Å². The average Bonchev–Trinajstić information content (AvgIpc) is 2.62. The number of nitrogen functional groups attached to an aromatic ring is 1. The molecule has 3 heteroatoms. The van der Waals surface area contributed by atoms with Crippen molar-refractivity contribution < 1.29 is 4.52 Å². The number of fused-ring (bicyclic) bond motifs is 1. The minimum atomic E-state index is 0.0471. The fraction of sp³-hybridized carbons (Fsp3) is 0.462. The molecule has 0 aliphatic heterocycles. The molecule has 0 unspecified atom stereocenters. The lowest BCUT2D eigenvalue weighted by molar-refractivity contribution is 0.450. The lowest BCUT2D eigenvalue weighted by Crippen LogP contribution is -2.11. The first-order valence-electron chi connectivity index (χ1n) is 5.64. The van der Waals surface area contributed by atoms with E-state index in [0.717, 1.165) is 16.5 Å². The molecular formula is C13H20N2O. The van der Waals surface area contributed by atoms with Gasteiger partial charge in [0.1, 0.15) is 0 Å². The first kappa shape index (κ1) is 12.6. The van der Waals surface area contributed by atoms with Gasteiger partial charge in [0.25, 0.3) is 0 Å². The van der Waals surface area contributed by atoms with Gasteiger partial charge in [-0.2, -0.15) is 0 Å². The molecule has 2 aromatic rings. The second kappa shape index (κ2) is 4.56. The first-order valence-corrected chi connectivity index (χ1v) is 5.64. The molecule has 88 valence electrons. The van der Waals surface area contributed by atoms with Crippen molar-refractivity contribution in [2.45, 2.75) is 40.0 Å². The van der Waals surface area contributed by atoms with Crippen molar-refractivity contribution in [1.82, 2.24) is 5.16 Å². The lowest BCUT2D eigenvalue weighted by atomic mass is 9.86. The summed E-state index contributed by atoms with van der Waals surface area (Å²) < 4.78 is 5.23. The largest absolute Gasteiger partial charge is 0.380 e. The summed E-state index contributed by atoms with van der Waals surface area (Å²) in [6, 6.07) is 5.96. The Morgan fingerprint density at radius 2 is 1.81 bits per heavy atom. The zero-order valence-corrected chi connectivity index (χ0v) is 10.7. The van der Waals surface area contributed by atoms with Gasteiger partial charge in [0.05, 0.1) is 5.39 Å². The van der Waals surface area contributed by atoms with Crippen LogP contribution in [0, 0.1) is 0 Å². The van der Waals surface area contributed by atoms with Gasteiger partial charge >= 0.3 is 0 Å². The maximum absolute atomic E-state index is 5.68. The van der Waals surface area contributed by atoms with Crippen LogP contribution in [0.2, 0.25) is 0 Å². The first-order chi connectivity index (χ1) is 7.50. The molecule has 0 bridgehead atoms. The Bertz CT molecular complexity index is 466. The molecule has 1 heterocycles. The third-order valence-electron chi connectivity index (χ3n) is 2.33. The average molecular weight is 220 g/mol. The molecular weight excluding hydrogens is 200 g/mol. The van der Waals surface area contributed by atoms with E-state index in [2.05, 4.69) is 25.9 Å². The van der Waals surface area contributed by atoms with Crippen LogP contribution in [0.4, 0.5) is 5.82 Å². The van der Waals surface area contributed by atoms with Crippen LogP contribution in [0.25, 0.3) is 11.0 Å². The number of aromatic nitrogens is 1. The monoisotopic (exact) mass is 220 g/mol. The minimum Gasteiger partial charge on any atom is -0.380 e. The molecule has 0 aliphatic rings. The summed E-state index contributed by atoms with van der Waals surface area (Å²) in [5.74, 6) is 0.464. The van der Waals surface area contributed by atoms with E-state index in [1.165, 1.54) is 0 Å². The van der Waals surface area contributed by atoms with Gasteiger partial charge in [-0.15, -0.1) is 0 Å². The zero-order valence-electron chi connectivity index (χ0n) is 10.7. The van der Waals surface area contributed by atoms with Gasteiger partial charge in [-0.05, 0) is 11.5 Å². The van der Waals surface area contributed by atoms with Gasteiger partial charge in [0, 0.05) is 5.56 Å². The molecule has 0 amide bonds. The quantitative estimate of drug-likeness (QED) is 0.736. The summed E-state index contributed by atoms with van der Waals surface area (Å²) in [7, 11) is 0. The van der Waals surface area contributed by atoms with Crippen LogP contribution < -0.4 is 5.73 Å². The Balaban J connectivity index is 0.000000606. The van der Waals surface area contributed by atoms with Crippen LogP contribution in [-0.4, -0.2) is 5.16 Å². The number of hydrogen-bond donors (Lipinski definition) is 1. The van der Waals surface area contributed by atoms with Crippen molar-refractivity contribution in [1.29, 1.82) is 0 Å². The Morgan fingerprint density at radius 1 is 1.19 bits per heavy atom. The van der Waals surface area contributed by atoms with Gasteiger partial charge in [-0.3, -0.25) is 0 Å². The molecule has 2 N–H and O–H groups in total. The highest BCUT2D eigenvalue weighted by Crippen LogP contribution is 2.31. The SMILES string of the molecule is CC.CC(C)(C)c1cccc2c(N)noc12. The summed E-state index contributed by atoms with van der Waals surface area (Å²) in [4.78, 5) is 0. The maximum atomic E-state index is 5.68. The van der Waals surface area contributed by atoms with Crippen molar-refractivity contribution >= 4 is 16.8 Å². The summed E-state index contributed by atoms with van der Waals surface area (Å²) >= 11 is 0. The predicted molar refractivity (Wildman–Crippen MR) is 68.5 cm³/mol. The standard InChI is InChI=1S/C11H14N2O.C2H6/c1-11(2,3)8-6-4-5-7-9(8)14-13-10(7)12;1-2/h4-6H,1-3H3,(H2,12,13);1-2H3. The number of anilines is 1. The van der Waals surface area contributed by atoms with Crippen LogP contribution in [0.15, 0.2) is 22.7 Å². The fourth-order valence-corrected chi connectivity index (χ4v) is 1.57. The Kier molecular flexibility index (Phi) is 3.58. The van der Waals surface area contributed by atoms with E-state index in [1.807, 2.05) is 32.0 Å². The molecule has 0 atom stereocenters. The number of rotatable bonds is 0. The van der Waals surface area contributed by atoms with Crippen molar-refractivity contribution in [3.05, 3.63) is 23.8 Å². The van der Waals surface area contributed by atoms with E-state index in [0.29, 0.717) is 5.82 Å². The molecule has 0 spiro atoms. The van der Waals surface area contributed by atoms with Crippen molar-refractivity contribution in [3.8, 4) is 0 Å². The van der Waals surface area contributed by atoms with Crippen LogP contribution in [0.1, 0.15) is 40.2 Å². The molecule has 0 radical (unpaired) electrons. The van der Waals surface area contributed by atoms with E-state index in [9.17, 15) is 0 Å². The number of nitrogens with two attached hydrogens (primary N) is 1. The Hall–Kier alpha value is -1.51. The minimum absolute atomic E-state index is 0.0471. The number of nitrogens with zero attached hydrogens (tertiary/aromatic N) is 1. The molecule has 1 aromatic heterocycles. The topological polar surface area (TPSA) is 52.0 Å². The second-order valence-corrected chi connectivity index (χ2v) is 4.50. The summed E-state index contributed by atoms with van der Waals surface area (Å²) in [6.45, 7) is 10.4. The molecule has 0 saturated heterocycles. The molecule has 0 aliphatic carbocycles. The number of hydrogen-bond acceptors (Lipinski definition) is 3. The van der Waals surface area contributed by atoms with E-state index in [4.69, 9.17) is 10.3 Å². The van der Waals surface area contributed by atoms with Crippen LogP contribution >= 0.6 is 0 Å². The van der Waals surface area contributed by atoms with Gasteiger partial charge < -0.3 is 10.3 Å². The second-order valence-electron chi connectivity index (χ2n) is 4.50. The predicted octanol–water partition coefficient (Wildman–Crippen LogP) is 3.73. The van der Waals surface area contributed by atoms with Crippen molar-refractivity contribution in [2.75, 3.05) is 5.73 Å². The van der Waals surface area contributed by atoms with E-state index in [1.54, 1.807) is 0 Å². The number of benzene rings is 1. The summed E-state index contributed by atoms with van der Waals surface area (Å²) in [5.41, 5.74) is 7.67. The Morgan fingerprint density at radius 3 is 2.38 bits per heavy atom. The highest BCUT2D eigenvalue weighted by Gasteiger charge is 2.20. The number of para-hydroxylation sites is 1. The highest BCUT2D eigenvalue weighted by molar-refractivity contribution is 5.89. The molecule has 1 aromatic carbocycles. The van der Waals surface area contributed by atoms with Crippen LogP contribution in [-0.2, 0) is 5.41 Å². The molecule has 3 nitrogen and oxygen atoms in total. The normalized spacial score (nSPS) is 11.1. The molecule has 2 rings (SSSR count). The van der Waals surface area contributed by atoms with E-state index >= 15 is 0 Å². The molecule has 16 heavy (non-hydrogen) atoms.